The van der Waals surface area contributed by atoms with E-state index in [0.717, 1.165) is 0 Å². The van der Waals surface area contributed by atoms with Crippen molar-refractivity contribution in [1.82, 2.24) is 15.3 Å². The molecule has 0 atom stereocenters. The molecule has 11 heteroatoms. The summed E-state index contributed by atoms with van der Waals surface area (Å²) in [7, 11) is 2.91. The monoisotopic (exact) mass is 416 g/mol. The maximum Gasteiger partial charge on any atom is 0.264 e. The number of rotatable bonds is 6. The van der Waals surface area contributed by atoms with E-state index in [9.17, 15) is 4.79 Å². The van der Waals surface area contributed by atoms with Crippen molar-refractivity contribution in [3.63, 3.8) is 0 Å². The highest BCUT2D eigenvalue weighted by molar-refractivity contribution is 7.80. The molecule has 0 saturated heterocycles. The zero-order valence-electron chi connectivity index (χ0n) is 13.7. The standard InChI is InChI=1S/C15H14Cl2N4O4S/c1-23-10-5-11(24-2)21-14(20-10)12-7(16)3-4-8(13(12)17)25-6-9(22)19-15(18)26/h3-5H,6H2,1-2H3,(H3,18,19,22,26). The Kier molecular flexibility index (Phi) is 6.78. The molecule has 0 bridgehead atoms. The van der Waals surface area contributed by atoms with Crippen molar-refractivity contribution in [2.45, 2.75) is 0 Å². The van der Waals surface area contributed by atoms with Gasteiger partial charge in [-0.25, -0.2) is 0 Å². The number of nitrogens with two attached hydrogens (primary N) is 1. The summed E-state index contributed by atoms with van der Waals surface area (Å²) in [6.45, 7) is -0.347. The number of nitrogens with one attached hydrogen (secondary N) is 1. The third-order valence-electron chi connectivity index (χ3n) is 3.00. The number of hydrogen-bond donors (Lipinski definition) is 2. The third kappa shape index (κ3) is 4.84. The maximum absolute atomic E-state index is 11.6. The van der Waals surface area contributed by atoms with Gasteiger partial charge in [-0.2, -0.15) is 9.97 Å². The van der Waals surface area contributed by atoms with Crippen LogP contribution in [0.5, 0.6) is 17.5 Å². The van der Waals surface area contributed by atoms with Gasteiger partial charge in [0.05, 0.1) is 35.9 Å². The van der Waals surface area contributed by atoms with Crippen LogP contribution in [0.4, 0.5) is 0 Å². The van der Waals surface area contributed by atoms with E-state index in [1.807, 2.05) is 0 Å². The average Bonchev–Trinajstić information content (AvgIpc) is 2.60. The van der Waals surface area contributed by atoms with E-state index < -0.39 is 5.91 Å². The Hall–Kier alpha value is -2.36. The predicted octanol–water partition coefficient (Wildman–Crippen LogP) is 2.21. The van der Waals surface area contributed by atoms with Gasteiger partial charge in [-0.05, 0) is 24.4 Å². The van der Waals surface area contributed by atoms with Crippen molar-refractivity contribution >= 4 is 46.4 Å². The Morgan fingerprint density at radius 2 is 1.85 bits per heavy atom. The molecule has 1 heterocycles. The second-order valence-corrected chi connectivity index (χ2v) is 5.94. The van der Waals surface area contributed by atoms with Crippen molar-refractivity contribution in [1.29, 1.82) is 0 Å². The summed E-state index contributed by atoms with van der Waals surface area (Å²) < 4.78 is 15.6. The van der Waals surface area contributed by atoms with E-state index >= 15 is 0 Å². The molecule has 0 aliphatic heterocycles. The molecule has 8 nitrogen and oxygen atoms in total. The number of carbonyl (C=O) groups excluding carboxylic acids is 1. The number of halogens is 2. The molecule has 1 aromatic heterocycles. The van der Waals surface area contributed by atoms with Crippen LogP contribution in [0.3, 0.4) is 0 Å². The maximum atomic E-state index is 11.6. The molecule has 0 fully saturated rings. The highest BCUT2D eigenvalue weighted by Crippen LogP contribution is 2.40. The Morgan fingerprint density at radius 3 is 2.38 bits per heavy atom. The lowest BCUT2D eigenvalue weighted by Crippen LogP contribution is -2.37. The molecule has 138 valence electrons. The van der Waals surface area contributed by atoms with Crippen LogP contribution in [0, 0.1) is 0 Å². The molecule has 1 aromatic carbocycles. The predicted molar refractivity (Wildman–Crippen MR) is 101 cm³/mol. The summed E-state index contributed by atoms with van der Waals surface area (Å²) in [5, 5.41) is 2.49. The van der Waals surface area contributed by atoms with Crippen LogP contribution in [0.25, 0.3) is 11.4 Å². The lowest BCUT2D eigenvalue weighted by Gasteiger charge is -2.13. The first-order chi connectivity index (χ1) is 12.3. The average molecular weight is 417 g/mol. The number of carbonyl (C=O) groups is 1. The minimum Gasteiger partial charge on any atom is -0.482 e. The van der Waals surface area contributed by atoms with Gasteiger partial charge in [0, 0.05) is 0 Å². The summed E-state index contributed by atoms with van der Waals surface area (Å²) in [6.07, 6.45) is 0. The first-order valence-electron chi connectivity index (χ1n) is 7.03. The smallest absolute Gasteiger partial charge is 0.264 e. The van der Waals surface area contributed by atoms with Gasteiger partial charge < -0.3 is 25.3 Å². The fourth-order valence-corrected chi connectivity index (χ4v) is 2.60. The quantitative estimate of drug-likeness (QED) is 0.689. The molecule has 1 amide bonds. The summed E-state index contributed by atoms with van der Waals surface area (Å²) in [4.78, 5) is 20.0. The van der Waals surface area contributed by atoms with E-state index in [-0.39, 0.29) is 45.1 Å². The van der Waals surface area contributed by atoms with Crippen LogP contribution < -0.4 is 25.3 Å². The number of methoxy groups -OCH3 is 2. The largest absolute Gasteiger partial charge is 0.482 e. The zero-order chi connectivity index (χ0) is 19.3. The highest BCUT2D eigenvalue weighted by atomic mass is 35.5. The van der Waals surface area contributed by atoms with Crippen LogP contribution in [0.15, 0.2) is 18.2 Å². The summed E-state index contributed by atoms with van der Waals surface area (Å²) in [5.74, 6) is 0.385. The Bertz CT molecular complexity index is 828. The molecule has 0 saturated carbocycles. The van der Waals surface area contributed by atoms with Crippen LogP contribution in [-0.2, 0) is 4.79 Å². The van der Waals surface area contributed by atoms with Gasteiger partial charge in [-0.1, -0.05) is 23.2 Å². The van der Waals surface area contributed by atoms with E-state index in [4.69, 9.17) is 43.1 Å². The van der Waals surface area contributed by atoms with Crippen molar-refractivity contribution in [2.24, 2.45) is 5.73 Å². The normalized spacial score (nSPS) is 10.2. The Morgan fingerprint density at radius 1 is 1.23 bits per heavy atom. The summed E-state index contributed by atoms with van der Waals surface area (Å²) in [6, 6.07) is 4.56. The molecule has 0 aliphatic carbocycles. The first kappa shape index (κ1) is 20.0. The van der Waals surface area contributed by atoms with Gasteiger partial charge in [0.1, 0.15) is 5.75 Å². The number of hydrogen-bond acceptors (Lipinski definition) is 7. The van der Waals surface area contributed by atoms with E-state index in [1.54, 1.807) is 6.07 Å². The highest BCUT2D eigenvalue weighted by Gasteiger charge is 2.19. The minimum atomic E-state index is -0.524. The molecule has 0 radical (unpaired) electrons. The van der Waals surface area contributed by atoms with Gasteiger partial charge >= 0.3 is 0 Å². The van der Waals surface area contributed by atoms with Gasteiger partial charge in [-0.15, -0.1) is 0 Å². The van der Waals surface area contributed by atoms with Crippen molar-refractivity contribution in [3.05, 3.63) is 28.2 Å². The summed E-state index contributed by atoms with van der Waals surface area (Å²) >= 11 is 17.2. The fraction of sp³-hybridized carbons (Fsp3) is 0.200. The fourth-order valence-electron chi connectivity index (χ4n) is 1.89. The van der Waals surface area contributed by atoms with Crippen LogP contribution >= 0.6 is 35.4 Å². The molecule has 26 heavy (non-hydrogen) atoms. The minimum absolute atomic E-state index is 0.121. The van der Waals surface area contributed by atoms with E-state index in [0.29, 0.717) is 5.56 Å². The topological polar surface area (TPSA) is 109 Å². The molecule has 2 rings (SSSR count). The van der Waals surface area contributed by atoms with Gasteiger partial charge in [0.2, 0.25) is 11.8 Å². The Balaban J connectivity index is 2.38. The second kappa shape index (κ2) is 8.84. The van der Waals surface area contributed by atoms with Crippen molar-refractivity contribution in [3.8, 4) is 28.9 Å². The molecular weight excluding hydrogens is 403 g/mol. The van der Waals surface area contributed by atoms with E-state index in [2.05, 4.69) is 27.5 Å². The number of aromatic nitrogens is 2. The van der Waals surface area contributed by atoms with Gasteiger partial charge in [0.25, 0.3) is 5.91 Å². The molecular formula is C15H14Cl2N4O4S. The first-order valence-corrected chi connectivity index (χ1v) is 8.19. The lowest BCUT2D eigenvalue weighted by molar-refractivity contribution is -0.121. The van der Waals surface area contributed by atoms with Gasteiger partial charge in [-0.3, -0.25) is 4.79 Å². The molecule has 0 aliphatic rings. The summed E-state index contributed by atoms with van der Waals surface area (Å²) in [5.41, 5.74) is 5.53. The number of nitrogens with zero attached hydrogens (tertiary/aromatic N) is 2. The molecule has 2 aromatic rings. The van der Waals surface area contributed by atoms with Crippen LogP contribution in [0.1, 0.15) is 0 Å². The van der Waals surface area contributed by atoms with Gasteiger partial charge in [0.15, 0.2) is 17.5 Å². The molecule has 3 N–H and O–H groups in total. The SMILES string of the molecule is COc1cc(OC)nc(-c2c(Cl)ccc(OCC(=O)NC(N)=S)c2Cl)n1. The number of thiocarbonyl (C=S) groups is 1. The van der Waals surface area contributed by atoms with Crippen LogP contribution in [0.2, 0.25) is 10.0 Å². The molecule has 0 unspecified atom stereocenters. The second-order valence-electron chi connectivity index (χ2n) is 4.71. The zero-order valence-corrected chi connectivity index (χ0v) is 16.0. The van der Waals surface area contributed by atoms with Crippen molar-refractivity contribution < 1.29 is 19.0 Å². The third-order valence-corrected chi connectivity index (χ3v) is 3.79. The number of ether oxygens (including phenoxy) is 3. The van der Waals surface area contributed by atoms with Crippen LogP contribution in [-0.4, -0.2) is 41.8 Å². The van der Waals surface area contributed by atoms with E-state index in [1.165, 1.54) is 26.4 Å². The number of benzene rings is 1. The molecule has 0 spiro atoms. The van der Waals surface area contributed by atoms with Crippen molar-refractivity contribution in [2.75, 3.05) is 20.8 Å². The number of amides is 1. The Labute approximate surface area is 164 Å². The lowest BCUT2D eigenvalue weighted by atomic mass is 10.2.